The zero-order chi connectivity index (χ0) is 23.6. The average Bonchev–Trinajstić information content (AvgIpc) is 2.77. The van der Waals surface area contributed by atoms with E-state index < -0.39 is 36.8 Å². The van der Waals surface area contributed by atoms with E-state index in [0.29, 0.717) is 23.7 Å². The molecule has 0 heterocycles. The molecule has 0 aliphatic heterocycles. The fourth-order valence-corrected chi connectivity index (χ4v) is 2.32. The number of hydrogen-bond acceptors (Lipinski definition) is 7. The number of aldehydes is 1. The molecule has 0 saturated heterocycles. The second-order valence-electron chi connectivity index (χ2n) is 6.23. The van der Waals surface area contributed by atoms with Gasteiger partial charge in [0.05, 0.1) is 17.9 Å². The Kier molecular flexibility index (Phi) is 9.02. The van der Waals surface area contributed by atoms with Gasteiger partial charge in [0.2, 0.25) is 0 Å². The van der Waals surface area contributed by atoms with Crippen molar-refractivity contribution in [1.82, 2.24) is 0 Å². The van der Waals surface area contributed by atoms with Crippen molar-refractivity contribution in [3.05, 3.63) is 53.6 Å². The topological polar surface area (TPSA) is 100 Å². The minimum Gasteiger partial charge on any atom is -0.489 e. The van der Waals surface area contributed by atoms with Crippen molar-refractivity contribution in [2.24, 2.45) is 0 Å². The first-order valence-electron chi connectivity index (χ1n) is 9.19. The lowest BCUT2D eigenvalue weighted by atomic mass is 10.1. The predicted molar refractivity (Wildman–Crippen MR) is 106 cm³/mol. The first-order chi connectivity index (χ1) is 15.2. The van der Waals surface area contributed by atoms with E-state index in [9.17, 15) is 27.6 Å². The van der Waals surface area contributed by atoms with Crippen molar-refractivity contribution < 1.29 is 46.5 Å². The van der Waals surface area contributed by atoms with Crippen LogP contribution in [0, 0.1) is 0 Å². The molecular weight excluding hydrogens is 435 g/mol. The average molecular weight is 455 g/mol. The molecule has 0 aliphatic rings. The first-order valence-corrected chi connectivity index (χ1v) is 9.19. The van der Waals surface area contributed by atoms with Crippen LogP contribution in [0.3, 0.4) is 0 Å². The van der Waals surface area contributed by atoms with Crippen LogP contribution >= 0.6 is 0 Å². The van der Waals surface area contributed by atoms with Gasteiger partial charge in [-0.2, -0.15) is 13.2 Å². The number of hydrogen-bond donors (Lipinski definition) is 1. The van der Waals surface area contributed by atoms with Gasteiger partial charge in [0.1, 0.15) is 24.4 Å². The molecule has 2 rings (SSSR count). The standard InChI is InChI=1S/C21H20F3NO7/c1-29-8-9-30-18-7-4-15(21(22,23)24)10-17(18)25-19(27)12-32-20(28)13-31-16-5-2-14(11-26)3-6-16/h2-7,10-11H,8-9,12-13H2,1H3,(H,25,27). The summed E-state index contributed by atoms with van der Waals surface area (Å²) in [5.74, 6) is -1.44. The molecule has 172 valence electrons. The van der Waals surface area contributed by atoms with Gasteiger partial charge < -0.3 is 24.3 Å². The number of alkyl halides is 3. The smallest absolute Gasteiger partial charge is 0.416 e. The van der Waals surface area contributed by atoms with Crippen LogP contribution in [0.5, 0.6) is 11.5 Å². The fourth-order valence-electron chi connectivity index (χ4n) is 2.32. The number of nitrogens with one attached hydrogen (secondary N) is 1. The number of amides is 1. The SMILES string of the molecule is COCCOc1ccc(C(F)(F)F)cc1NC(=O)COC(=O)COc1ccc(C=O)cc1. The summed E-state index contributed by atoms with van der Waals surface area (Å²) in [5, 5.41) is 2.24. The second-order valence-corrected chi connectivity index (χ2v) is 6.23. The molecule has 2 aromatic rings. The number of carbonyl (C=O) groups excluding carboxylic acids is 3. The van der Waals surface area contributed by atoms with Crippen LogP contribution in [0.1, 0.15) is 15.9 Å². The molecule has 0 bridgehead atoms. The van der Waals surface area contributed by atoms with Crippen molar-refractivity contribution in [3.8, 4) is 11.5 Å². The molecule has 32 heavy (non-hydrogen) atoms. The van der Waals surface area contributed by atoms with E-state index in [0.717, 1.165) is 12.1 Å². The van der Waals surface area contributed by atoms with Crippen LogP contribution in [0.2, 0.25) is 0 Å². The third kappa shape index (κ3) is 7.91. The number of methoxy groups -OCH3 is 1. The number of benzene rings is 2. The Balaban J connectivity index is 1.92. The summed E-state index contributed by atoms with van der Waals surface area (Å²) in [6.45, 7) is -1.03. The Hall–Kier alpha value is -3.60. The van der Waals surface area contributed by atoms with Crippen molar-refractivity contribution in [3.63, 3.8) is 0 Å². The maximum absolute atomic E-state index is 13.0. The maximum Gasteiger partial charge on any atom is 0.416 e. The highest BCUT2D eigenvalue weighted by atomic mass is 19.4. The van der Waals surface area contributed by atoms with E-state index in [1.54, 1.807) is 0 Å². The van der Waals surface area contributed by atoms with Gasteiger partial charge in [0.15, 0.2) is 13.2 Å². The van der Waals surface area contributed by atoms with Gasteiger partial charge in [-0.25, -0.2) is 4.79 Å². The molecule has 0 atom stereocenters. The van der Waals surface area contributed by atoms with E-state index in [2.05, 4.69) is 5.32 Å². The van der Waals surface area contributed by atoms with Crippen LogP contribution in [-0.2, 0) is 25.2 Å². The van der Waals surface area contributed by atoms with Gasteiger partial charge in [-0.15, -0.1) is 0 Å². The zero-order valence-corrected chi connectivity index (χ0v) is 16.9. The van der Waals surface area contributed by atoms with E-state index in [4.69, 9.17) is 18.9 Å². The Morgan fingerprint density at radius 1 is 1.00 bits per heavy atom. The van der Waals surface area contributed by atoms with Crippen LogP contribution in [0.15, 0.2) is 42.5 Å². The predicted octanol–water partition coefficient (Wildman–Crippen LogP) is 3.10. The zero-order valence-electron chi connectivity index (χ0n) is 16.9. The lowest BCUT2D eigenvalue weighted by Gasteiger charge is -2.15. The van der Waals surface area contributed by atoms with E-state index in [1.807, 2.05) is 0 Å². The molecule has 0 unspecified atom stereocenters. The molecule has 0 aromatic heterocycles. The monoisotopic (exact) mass is 455 g/mol. The number of rotatable bonds is 11. The molecule has 0 aliphatic carbocycles. The highest BCUT2D eigenvalue weighted by Crippen LogP contribution is 2.35. The van der Waals surface area contributed by atoms with Gasteiger partial charge in [-0.1, -0.05) is 0 Å². The fraction of sp³-hybridized carbons (Fsp3) is 0.286. The van der Waals surface area contributed by atoms with Gasteiger partial charge in [0, 0.05) is 12.7 Å². The molecule has 2 aromatic carbocycles. The summed E-state index contributed by atoms with van der Waals surface area (Å²) < 4.78 is 59.0. The minimum atomic E-state index is -4.63. The summed E-state index contributed by atoms with van der Waals surface area (Å²) >= 11 is 0. The van der Waals surface area contributed by atoms with Crippen molar-refractivity contribution in [2.75, 3.05) is 38.9 Å². The summed E-state index contributed by atoms with van der Waals surface area (Å²) in [6, 6.07) is 8.53. The maximum atomic E-state index is 13.0. The Morgan fingerprint density at radius 3 is 2.34 bits per heavy atom. The highest BCUT2D eigenvalue weighted by molar-refractivity contribution is 5.94. The molecule has 1 amide bonds. The van der Waals surface area contributed by atoms with Crippen LogP contribution in [0.25, 0.3) is 0 Å². The van der Waals surface area contributed by atoms with Crippen molar-refractivity contribution in [2.45, 2.75) is 6.18 Å². The Bertz CT molecular complexity index is 930. The van der Waals surface area contributed by atoms with Crippen LogP contribution in [0.4, 0.5) is 18.9 Å². The lowest BCUT2D eigenvalue weighted by Crippen LogP contribution is -2.24. The molecule has 0 fully saturated rings. The molecule has 0 spiro atoms. The lowest BCUT2D eigenvalue weighted by molar-refractivity contribution is -0.149. The highest BCUT2D eigenvalue weighted by Gasteiger charge is 2.31. The largest absolute Gasteiger partial charge is 0.489 e. The Labute approximate surface area is 181 Å². The summed E-state index contributed by atoms with van der Waals surface area (Å²) in [7, 11) is 1.43. The van der Waals surface area contributed by atoms with Crippen molar-refractivity contribution >= 4 is 23.9 Å². The Morgan fingerprint density at radius 2 is 1.72 bits per heavy atom. The molecule has 0 radical (unpaired) electrons. The van der Waals surface area contributed by atoms with Gasteiger partial charge in [0.25, 0.3) is 5.91 Å². The third-order valence-electron chi connectivity index (χ3n) is 3.86. The third-order valence-corrected chi connectivity index (χ3v) is 3.86. The van der Waals surface area contributed by atoms with Gasteiger partial charge >= 0.3 is 12.1 Å². The number of anilines is 1. The number of ether oxygens (including phenoxy) is 4. The minimum absolute atomic E-state index is 0.00293. The molecular formula is C21H20F3NO7. The van der Waals surface area contributed by atoms with E-state index >= 15 is 0 Å². The first kappa shape index (κ1) is 24.7. The summed E-state index contributed by atoms with van der Waals surface area (Å²) in [4.78, 5) is 34.4. The second kappa shape index (κ2) is 11.7. The molecule has 11 heteroatoms. The van der Waals surface area contributed by atoms with Crippen LogP contribution in [-0.4, -0.2) is 51.7 Å². The number of esters is 1. The quantitative estimate of drug-likeness (QED) is 0.316. The van der Waals surface area contributed by atoms with E-state index in [-0.39, 0.29) is 24.7 Å². The number of carbonyl (C=O) groups is 3. The summed E-state index contributed by atoms with van der Waals surface area (Å²) in [6.07, 6.45) is -3.98. The normalized spacial score (nSPS) is 10.9. The number of halogens is 3. The summed E-state index contributed by atoms with van der Waals surface area (Å²) in [5.41, 5.74) is -0.793. The van der Waals surface area contributed by atoms with Gasteiger partial charge in [-0.05, 0) is 42.5 Å². The van der Waals surface area contributed by atoms with E-state index in [1.165, 1.54) is 31.4 Å². The van der Waals surface area contributed by atoms with Crippen LogP contribution < -0.4 is 14.8 Å². The van der Waals surface area contributed by atoms with Crippen molar-refractivity contribution in [1.29, 1.82) is 0 Å². The molecule has 1 N–H and O–H groups in total. The molecule has 0 saturated carbocycles. The van der Waals surface area contributed by atoms with Gasteiger partial charge in [-0.3, -0.25) is 9.59 Å². The molecule has 8 nitrogen and oxygen atoms in total.